The number of carbonyl (C=O) groups excluding carboxylic acids is 3. The molecule has 154 valence electrons. The summed E-state index contributed by atoms with van der Waals surface area (Å²) in [6, 6.07) is 3.85. The van der Waals surface area contributed by atoms with E-state index >= 15 is 0 Å². The molecule has 0 bridgehead atoms. The fourth-order valence-corrected chi connectivity index (χ4v) is 3.11. The molecule has 2 N–H and O–H groups in total. The zero-order valence-corrected chi connectivity index (χ0v) is 16.5. The van der Waals surface area contributed by atoms with Crippen molar-refractivity contribution in [3.63, 3.8) is 0 Å². The maximum Gasteiger partial charge on any atom is 0.338 e. The van der Waals surface area contributed by atoms with Gasteiger partial charge < -0.3 is 10.1 Å². The molecule has 1 aliphatic rings. The van der Waals surface area contributed by atoms with Crippen molar-refractivity contribution >= 4 is 28.8 Å². The fraction of sp³-hybridized carbons (Fsp3) is 0.450. The van der Waals surface area contributed by atoms with Crippen LogP contribution in [0.5, 0.6) is 0 Å². The number of benzene rings is 1. The van der Waals surface area contributed by atoms with Crippen LogP contribution in [0.1, 0.15) is 42.9 Å². The first kappa shape index (κ1) is 20.5. The quantitative estimate of drug-likeness (QED) is 0.707. The molecule has 3 rings (SSSR count). The van der Waals surface area contributed by atoms with Crippen molar-refractivity contribution in [2.75, 3.05) is 13.2 Å². The van der Waals surface area contributed by atoms with Gasteiger partial charge in [0.2, 0.25) is 0 Å². The monoisotopic (exact) mass is 400 g/mol. The number of hydrogen-bond donors (Lipinski definition) is 2. The average molecular weight is 400 g/mol. The maximum absolute atomic E-state index is 12.4. The second-order valence-electron chi connectivity index (χ2n) is 7.38. The Morgan fingerprint density at radius 1 is 1.28 bits per heavy atom. The van der Waals surface area contributed by atoms with Crippen molar-refractivity contribution in [1.29, 1.82) is 0 Å². The third-order valence-electron chi connectivity index (χ3n) is 4.65. The summed E-state index contributed by atoms with van der Waals surface area (Å²) >= 11 is 0. The van der Waals surface area contributed by atoms with E-state index in [9.17, 15) is 19.2 Å². The number of imide groups is 1. The lowest BCUT2D eigenvalue weighted by molar-refractivity contribution is -0.123. The van der Waals surface area contributed by atoms with Crippen molar-refractivity contribution in [2.24, 2.45) is 5.92 Å². The molecular formula is C20H24N4O5. The smallest absolute Gasteiger partial charge is 0.338 e. The number of nitrogens with one attached hydrogen (secondary N) is 2. The van der Waals surface area contributed by atoms with Gasteiger partial charge in [-0.05, 0) is 37.0 Å². The number of aryl methyl sites for hydroxylation is 1. The number of fused-ring (bicyclic) bond motifs is 2. The summed E-state index contributed by atoms with van der Waals surface area (Å²) in [7, 11) is 0. The van der Waals surface area contributed by atoms with Crippen LogP contribution in [-0.2, 0) is 22.5 Å². The topological polar surface area (TPSA) is 119 Å². The van der Waals surface area contributed by atoms with Crippen LogP contribution in [0, 0.1) is 5.92 Å². The third kappa shape index (κ3) is 4.98. The van der Waals surface area contributed by atoms with Gasteiger partial charge in [-0.3, -0.25) is 19.5 Å². The number of rotatable bonds is 6. The predicted octanol–water partition coefficient (Wildman–Crippen LogP) is 1.37. The first-order valence-corrected chi connectivity index (χ1v) is 9.63. The molecule has 1 aromatic heterocycles. The highest BCUT2D eigenvalue weighted by Crippen LogP contribution is 2.16. The maximum atomic E-state index is 12.4. The van der Waals surface area contributed by atoms with Gasteiger partial charge >= 0.3 is 12.0 Å². The molecule has 0 radical (unpaired) electrons. The summed E-state index contributed by atoms with van der Waals surface area (Å²) in [6.07, 6.45) is 2.38. The van der Waals surface area contributed by atoms with Gasteiger partial charge in [-0.15, -0.1) is 0 Å². The number of hydrogen-bond acceptors (Lipinski definition) is 6. The van der Waals surface area contributed by atoms with Gasteiger partial charge in [0.1, 0.15) is 5.82 Å². The highest BCUT2D eigenvalue weighted by atomic mass is 16.5. The van der Waals surface area contributed by atoms with Crippen LogP contribution in [-0.4, -0.2) is 40.6 Å². The first-order valence-electron chi connectivity index (χ1n) is 9.63. The van der Waals surface area contributed by atoms with Gasteiger partial charge in [0.15, 0.2) is 6.61 Å². The molecule has 9 nitrogen and oxygen atoms in total. The molecular weight excluding hydrogens is 376 g/mol. The molecule has 0 aliphatic carbocycles. The van der Waals surface area contributed by atoms with Crippen LogP contribution in [0.15, 0.2) is 23.0 Å². The van der Waals surface area contributed by atoms with Crippen LogP contribution in [0.2, 0.25) is 0 Å². The van der Waals surface area contributed by atoms with Gasteiger partial charge in [0, 0.05) is 19.5 Å². The minimum absolute atomic E-state index is 0.120. The lowest BCUT2D eigenvalue weighted by Crippen LogP contribution is -2.41. The largest absolute Gasteiger partial charge is 0.452 e. The van der Waals surface area contributed by atoms with E-state index in [1.165, 1.54) is 18.2 Å². The summed E-state index contributed by atoms with van der Waals surface area (Å²) in [5, 5.41) is 5.10. The van der Waals surface area contributed by atoms with E-state index in [0.717, 1.165) is 19.3 Å². The summed E-state index contributed by atoms with van der Waals surface area (Å²) < 4.78 is 6.61. The normalized spacial score (nSPS) is 12.7. The molecule has 0 saturated carbocycles. The number of esters is 1. The Kier molecular flexibility index (Phi) is 6.26. The number of amides is 3. The van der Waals surface area contributed by atoms with Crippen LogP contribution < -0.4 is 16.2 Å². The van der Waals surface area contributed by atoms with E-state index in [0.29, 0.717) is 35.7 Å². The van der Waals surface area contributed by atoms with Gasteiger partial charge in [-0.1, -0.05) is 13.8 Å². The molecule has 0 saturated heterocycles. The summed E-state index contributed by atoms with van der Waals surface area (Å²) in [6.45, 7) is 4.56. The lowest BCUT2D eigenvalue weighted by atomic mass is 10.1. The molecule has 0 unspecified atom stereocenters. The number of carbonyl (C=O) groups is 3. The molecule has 2 aromatic rings. The van der Waals surface area contributed by atoms with Crippen LogP contribution in [0.25, 0.3) is 10.9 Å². The second-order valence-corrected chi connectivity index (χ2v) is 7.38. The number of aromatic nitrogens is 2. The Hall–Kier alpha value is -3.23. The predicted molar refractivity (Wildman–Crippen MR) is 106 cm³/mol. The first-order chi connectivity index (χ1) is 13.8. The highest BCUT2D eigenvalue weighted by Gasteiger charge is 2.18. The molecule has 2 heterocycles. The summed E-state index contributed by atoms with van der Waals surface area (Å²) in [5.74, 6) is -0.323. The van der Waals surface area contributed by atoms with E-state index in [4.69, 9.17) is 4.74 Å². The summed E-state index contributed by atoms with van der Waals surface area (Å²) in [4.78, 5) is 52.5. The Bertz CT molecular complexity index is 1010. The minimum atomic E-state index is -0.732. The van der Waals surface area contributed by atoms with Gasteiger partial charge in [-0.25, -0.2) is 14.6 Å². The van der Waals surface area contributed by atoms with Gasteiger partial charge in [0.05, 0.1) is 16.5 Å². The van der Waals surface area contributed by atoms with E-state index in [-0.39, 0.29) is 11.1 Å². The molecule has 0 fully saturated rings. The Morgan fingerprint density at radius 2 is 2.07 bits per heavy atom. The fourth-order valence-electron chi connectivity index (χ4n) is 3.11. The second kappa shape index (κ2) is 8.85. The van der Waals surface area contributed by atoms with Gasteiger partial charge in [-0.2, -0.15) is 0 Å². The minimum Gasteiger partial charge on any atom is -0.452 e. The molecule has 29 heavy (non-hydrogen) atoms. The molecule has 1 aliphatic heterocycles. The molecule has 3 amide bonds. The molecule has 1 aromatic carbocycles. The van der Waals surface area contributed by atoms with E-state index in [1.807, 2.05) is 13.8 Å². The van der Waals surface area contributed by atoms with Crippen molar-refractivity contribution in [1.82, 2.24) is 20.2 Å². The van der Waals surface area contributed by atoms with Crippen LogP contribution in [0.3, 0.4) is 0 Å². The van der Waals surface area contributed by atoms with Crippen molar-refractivity contribution in [2.45, 2.75) is 39.7 Å². The zero-order valence-electron chi connectivity index (χ0n) is 16.5. The molecule has 9 heteroatoms. The van der Waals surface area contributed by atoms with Crippen LogP contribution in [0.4, 0.5) is 4.79 Å². The third-order valence-corrected chi connectivity index (χ3v) is 4.65. The standard InChI is InChI=1S/C20H24N4O5/c1-12(2)7-8-21-20(28)23-17(25)11-29-19(27)13-5-6-14-15(10-13)22-16-4-3-9-24(16)18(14)26/h5-6,10,12H,3-4,7-9,11H2,1-2H3,(H2,21,23,25,28). The number of nitrogens with zero attached hydrogens (tertiary/aromatic N) is 2. The Balaban J connectivity index is 1.57. The average Bonchev–Trinajstić information content (AvgIpc) is 3.14. The number of urea groups is 1. The lowest BCUT2D eigenvalue weighted by Gasteiger charge is -2.09. The number of ether oxygens (including phenoxy) is 1. The Labute approximate surface area is 167 Å². The SMILES string of the molecule is CC(C)CCNC(=O)NC(=O)COC(=O)c1ccc2c(=O)n3c(nc2c1)CCC3. The van der Waals surface area contributed by atoms with E-state index in [2.05, 4.69) is 15.6 Å². The summed E-state index contributed by atoms with van der Waals surface area (Å²) in [5.41, 5.74) is 0.485. The molecule has 0 atom stereocenters. The Morgan fingerprint density at radius 3 is 2.83 bits per heavy atom. The highest BCUT2D eigenvalue weighted by molar-refractivity contribution is 5.98. The van der Waals surface area contributed by atoms with Crippen molar-refractivity contribution in [3.8, 4) is 0 Å². The van der Waals surface area contributed by atoms with E-state index in [1.54, 1.807) is 4.57 Å². The van der Waals surface area contributed by atoms with Gasteiger partial charge in [0.25, 0.3) is 11.5 Å². The molecule has 0 spiro atoms. The van der Waals surface area contributed by atoms with Crippen LogP contribution >= 0.6 is 0 Å². The van der Waals surface area contributed by atoms with Crippen molar-refractivity contribution in [3.05, 3.63) is 39.9 Å². The van der Waals surface area contributed by atoms with Crippen molar-refractivity contribution < 1.29 is 19.1 Å². The zero-order chi connectivity index (χ0) is 21.0. The van der Waals surface area contributed by atoms with E-state index < -0.39 is 24.5 Å².